The van der Waals surface area contributed by atoms with Crippen LogP contribution in [0.15, 0.2) is 0 Å². The van der Waals surface area contributed by atoms with Crippen molar-refractivity contribution >= 4 is 11.8 Å². The van der Waals surface area contributed by atoms with E-state index < -0.39 is 0 Å². The Bertz CT molecular complexity index is 544. The summed E-state index contributed by atoms with van der Waals surface area (Å²) < 4.78 is 0. The highest BCUT2D eigenvalue weighted by molar-refractivity contribution is 5.76. The number of rotatable bonds is 38. The van der Waals surface area contributed by atoms with Crippen molar-refractivity contribution in [2.75, 3.05) is 13.1 Å². The topological polar surface area (TPSA) is 58.2 Å². The highest BCUT2D eigenvalue weighted by Crippen LogP contribution is 2.14. The van der Waals surface area contributed by atoms with E-state index in [2.05, 4.69) is 24.5 Å². The van der Waals surface area contributed by atoms with Crippen molar-refractivity contribution in [2.45, 2.75) is 239 Å². The average molecular weight is 635 g/mol. The molecule has 268 valence electrons. The molecule has 2 amide bonds. The first-order valence-electron chi connectivity index (χ1n) is 20.7. The molecule has 0 spiro atoms. The van der Waals surface area contributed by atoms with Gasteiger partial charge < -0.3 is 10.6 Å². The van der Waals surface area contributed by atoms with Gasteiger partial charge in [0, 0.05) is 25.9 Å². The zero-order valence-corrected chi connectivity index (χ0v) is 31.0. The molecule has 0 bridgehead atoms. The molecule has 2 N–H and O–H groups in total. The molecule has 4 nitrogen and oxygen atoms in total. The van der Waals surface area contributed by atoms with Gasteiger partial charge in [-0.3, -0.25) is 9.59 Å². The van der Waals surface area contributed by atoms with Gasteiger partial charge in [-0.25, -0.2) is 0 Å². The highest BCUT2D eigenvalue weighted by atomic mass is 16.2. The minimum absolute atomic E-state index is 0.215. The smallest absolute Gasteiger partial charge is 0.219 e. The summed E-state index contributed by atoms with van der Waals surface area (Å²) in [7, 11) is 0. The van der Waals surface area contributed by atoms with Crippen LogP contribution in [0.3, 0.4) is 0 Å². The van der Waals surface area contributed by atoms with Crippen LogP contribution in [0.4, 0.5) is 0 Å². The van der Waals surface area contributed by atoms with E-state index in [-0.39, 0.29) is 11.8 Å². The molecule has 0 radical (unpaired) electrons. The largest absolute Gasteiger partial charge is 0.356 e. The molecule has 45 heavy (non-hydrogen) atoms. The van der Waals surface area contributed by atoms with Crippen LogP contribution < -0.4 is 10.6 Å². The van der Waals surface area contributed by atoms with Gasteiger partial charge in [-0.1, -0.05) is 200 Å². The Hall–Kier alpha value is -1.06. The summed E-state index contributed by atoms with van der Waals surface area (Å²) in [6.07, 6.45) is 44.8. The predicted octanol–water partition coefficient (Wildman–Crippen LogP) is 12.9. The van der Waals surface area contributed by atoms with Gasteiger partial charge in [0.2, 0.25) is 11.8 Å². The van der Waals surface area contributed by atoms with E-state index in [1.54, 1.807) is 0 Å². The maximum absolute atomic E-state index is 12.1. The fourth-order valence-electron chi connectivity index (χ4n) is 6.37. The van der Waals surface area contributed by atoms with E-state index in [1.807, 2.05) is 0 Å². The quantitative estimate of drug-likeness (QED) is 0.0664. The summed E-state index contributed by atoms with van der Waals surface area (Å²) in [4.78, 5) is 24.1. The van der Waals surface area contributed by atoms with Gasteiger partial charge in [-0.05, 0) is 25.7 Å². The molecule has 0 aliphatic carbocycles. The monoisotopic (exact) mass is 635 g/mol. The Kier molecular flexibility index (Phi) is 38.2. The number of hydrogen-bond acceptors (Lipinski definition) is 2. The summed E-state index contributed by atoms with van der Waals surface area (Å²) >= 11 is 0. The van der Waals surface area contributed by atoms with Gasteiger partial charge in [-0.2, -0.15) is 0 Å². The lowest BCUT2D eigenvalue weighted by molar-refractivity contribution is -0.121. The van der Waals surface area contributed by atoms with Gasteiger partial charge in [0.05, 0.1) is 0 Å². The molecule has 0 aromatic rings. The SMILES string of the molecule is CCCCCCCCCCCCCCCCNC(=O)CCCCCCCC(=O)NCCCCCCCCCCCCCCCC. The molecule has 0 aromatic carbocycles. The summed E-state index contributed by atoms with van der Waals surface area (Å²) in [6, 6.07) is 0. The zero-order chi connectivity index (χ0) is 32.7. The lowest BCUT2D eigenvalue weighted by Crippen LogP contribution is -2.24. The third-order valence-electron chi connectivity index (χ3n) is 9.51. The van der Waals surface area contributed by atoms with Crippen molar-refractivity contribution in [3.8, 4) is 0 Å². The molecule has 0 saturated heterocycles. The molecule has 4 heteroatoms. The lowest BCUT2D eigenvalue weighted by atomic mass is 10.0. The minimum atomic E-state index is 0.215. The van der Waals surface area contributed by atoms with Crippen molar-refractivity contribution in [1.82, 2.24) is 10.6 Å². The highest BCUT2D eigenvalue weighted by Gasteiger charge is 2.03. The van der Waals surface area contributed by atoms with E-state index in [0.717, 1.165) is 58.0 Å². The molecule has 0 rings (SSSR count). The van der Waals surface area contributed by atoms with E-state index in [9.17, 15) is 9.59 Å². The van der Waals surface area contributed by atoms with Crippen LogP contribution in [0.25, 0.3) is 0 Å². The number of carbonyl (C=O) groups excluding carboxylic acids is 2. The van der Waals surface area contributed by atoms with Crippen molar-refractivity contribution in [3.63, 3.8) is 0 Å². The summed E-state index contributed by atoms with van der Waals surface area (Å²) in [5.41, 5.74) is 0. The number of carbonyl (C=O) groups is 2. The standard InChI is InChI=1S/C41H82N2O2/c1-3-5-7-9-11-13-15-17-19-21-23-25-30-34-38-42-40(44)36-32-28-27-29-33-37-41(45)43-39-35-31-26-24-22-20-18-16-14-12-10-8-6-4-2/h3-39H2,1-2H3,(H,42,44)(H,43,45). The lowest BCUT2D eigenvalue weighted by Gasteiger charge is -2.07. The summed E-state index contributed by atoms with van der Waals surface area (Å²) in [5, 5.41) is 6.21. The molecule has 0 atom stereocenters. The second-order valence-electron chi connectivity index (χ2n) is 14.2. The van der Waals surface area contributed by atoms with E-state index in [0.29, 0.717) is 12.8 Å². The van der Waals surface area contributed by atoms with Gasteiger partial charge in [-0.15, -0.1) is 0 Å². The van der Waals surface area contributed by atoms with E-state index >= 15 is 0 Å². The first-order chi connectivity index (χ1) is 22.2. The number of amides is 2. The Labute approximate surface area is 283 Å². The normalized spacial score (nSPS) is 11.2. The van der Waals surface area contributed by atoms with Crippen molar-refractivity contribution in [1.29, 1.82) is 0 Å². The van der Waals surface area contributed by atoms with Crippen molar-refractivity contribution < 1.29 is 9.59 Å². The third kappa shape index (κ3) is 39.0. The van der Waals surface area contributed by atoms with Gasteiger partial charge in [0.1, 0.15) is 0 Å². The average Bonchev–Trinajstić information content (AvgIpc) is 3.04. The van der Waals surface area contributed by atoms with Crippen LogP contribution in [0.1, 0.15) is 239 Å². The molecule has 0 aromatic heterocycles. The first-order valence-corrected chi connectivity index (χ1v) is 20.7. The Morgan fingerprint density at radius 1 is 0.289 bits per heavy atom. The second kappa shape index (κ2) is 39.1. The molecule has 0 unspecified atom stereocenters. The number of hydrogen-bond donors (Lipinski definition) is 2. The maximum atomic E-state index is 12.1. The second-order valence-corrected chi connectivity index (χ2v) is 14.2. The van der Waals surface area contributed by atoms with E-state index in [1.165, 1.54) is 167 Å². The van der Waals surface area contributed by atoms with Gasteiger partial charge >= 0.3 is 0 Å². The number of nitrogens with one attached hydrogen (secondary N) is 2. The Morgan fingerprint density at radius 2 is 0.489 bits per heavy atom. The summed E-state index contributed by atoms with van der Waals surface area (Å²) in [5.74, 6) is 0.431. The van der Waals surface area contributed by atoms with Gasteiger partial charge in [0.25, 0.3) is 0 Å². The molecule has 0 saturated carbocycles. The molecule has 0 aliphatic heterocycles. The zero-order valence-electron chi connectivity index (χ0n) is 31.0. The number of unbranched alkanes of at least 4 members (excludes halogenated alkanes) is 30. The summed E-state index contributed by atoms with van der Waals surface area (Å²) in [6.45, 7) is 6.25. The van der Waals surface area contributed by atoms with Crippen LogP contribution in [0.2, 0.25) is 0 Å². The maximum Gasteiger partial charge on any atom is 0.219 e. The van der Waals surface area contributed by atoms with E-state index in [4.69, 9.17) is 0 Å². The van der Waals surface area contributed by atoms with Crippen molar-refractivity contribution in [2.24, 2.45) is 0 Å². The Balaban J connectivity index is 3.24. The molecular weight excluding hydrogens is 552 g/mol. The fourth-order valence-corrected chi connectivity index (χ4v) is 6.37. The third-order valence-corrected chi connectivity index (χ3v) is 9.51. The van der Waals surface area contributed by atoms with Crippen LogP contribution in [-0.4, -0.2) is 24.9 Å². The van der Waals surface area contributed by atoms with Crippen molar-refractivity contribution in [3.05, 3.63) is 0 Å². The minimum Gasteiger partial charge on any atom is -0.356 e. The Morgan fingerprint density at radius 3 is 0.733 bits per heavy atom. The van der Waals surface area contributed by atoms with Crippen LogP contribution >= 0.6 is 0 Å². The molecule has 0 aliphatic rings. The molecule has 0 heterocycles. The van der Waals surface area contributed by atoms with Gasteiger partial charge in [0.15, 0.2) is 0 Å². The molecular formula is C41H82N2O2. The molecule has 0 fully saturated rings. The van der Waals surface area contributed by atoms with Crippen LogP contribution in [-0.2, 0) is 9.59 Å². The first kappa shape index (κ1) is 43.9. The van der Waals surface area contributed by atoms with Crippen LogP contribution in [0.5, 0.6) is 0 Å². The fraction of sp³-hybridized carbons (Fsp3) is 0.951. The van der Waals surface area contributed by atoms with Crippen LogP contribution in [0, 0.1) is 0 Å². The predicted molar refractivity (Wildman–Crippen MR) is 199 cm³/mol.